The molecule has 0 atom stereocenters. The van der Waals surface area contributed by atoms with Gasteiger partial charge in [-0.05, 0) is 30.9 Å². The lowest BCUT2D eigenvalue weighted by atomic mass is 9.90. The second kappa shape index (κ2) is 6.52. The van der Waals surface area contributed by atoms with Gasteiger partial charge in [0.1, 0.15) is 5.82 Å². The van der Waals surface area contributed by atoms with E-state index >= 15 is 0 Å². The highest BCUT2D eigenvalue weighted by Crippen LogP contribution is 2.20. The van der Waals surface area contributed by atoms with Crippen molar-refractivity contribution in [1.82, 2.24) is 4.98 Å². The fourth-order valence-corrected chi connectivity index (χ4v) is 1.71. The zero-order valence-electron chi connectivity index (χ0n) is 12.0. The number of carbonyl (C=O) groups excluding carboxylic acids is 1. The van der Waals surface area contributed by atoms with Gasteiger partial charge in [-0.25, -0.2) is 9.78 Å². The number of hydrogen-bond donors (Lipinski definition) is 2. The Morgan fingerprint density at radius 1 is 1.47 bits per heavy atom. The molecule has 0 amide bonds. The van der Waals surface area contributed by atoms with Crippen molar-refractivity contribution in [1.29, 1.82) is 0 Å². The van der Waals surface area contributed by atoms with Crippen LogP contribution < -0.4 is 5.32 Å². The molecule has 0 fully saturated rings. The number of ether oxygens (including phenoxy) is 1. The number of carbonyl (C=O) groups is 1. The molecule has 5 nitrogen and oxygen atoms in total. The number of nitrogens with one attached hydrogen (secondary N) is 1. The van der Waals surface area contributed by atoms with Gasteiger partial charge in [0.2, 0.25) is 0 Å². The molecular formula is C14H22N2O3. The van der Waals surface area contributed by atoms with Gasteiger partial charge in [-0.15, -0.1) is 0 Å². The van der Waals surface area contributed by atoms with Crippen LogP contribution in [0.15, 0.2) is 12.1 Å². The molecule has 0 radical (unpaired) electrons. The van der Waals surface area contributed by atoms with Gasteiger partial charge < -0.3 is 15.2 Å². The number of rotatable bonds is 6. The van der Waals surface area contributed by atoms with Crippen molar-refractivity contribution < 1.29 is 14.6 Å². The Hall–Kier alpha value is -1.62. The molecule has 0 aliphatic rings. The first-order chi connectivity index (χ1) is 8.89. The van der Waals surface area contributed by atoms with E-state index in [1.807, 2.05) is 0 Å². The van der Waals surface area contributed by atoms with Crippen molar-refractivity contribution in [3.05, 3.63) is 23.4 Å². The minimum atomic E-state index is -0.378. The summed E-state index contributed by atoms with van der Waals surface area (Å²) in [7, 11) is 1.35. The van der Waals surface area contributed by atoms with Crippen molar-refractivity contribution in [2.45, 2.75) is 27.2 Å². The van der Waals surface area contributed by atoms with E-state index in [1.165, 1.54) is 7.11 Å². The number of methoxy groups -OCH3 is 1. The highest BCUT2D eigenvalue weighted by Gasteiger charge is 2.17. The maximum atomic E-state index is 11.4. The topological polar surface area (TPSA) is 71.5 Å². The summed E-state index contributed by atoms with van der Waals surface area (Å²) >= 11 is 0. The first kappa shape index (κ1) is 15.4. The van der Waals surface area contributed by atoms with Gasteiger partial charge in [-0.3, -0.25) is 0 Å². The molecule has 19 heavy (non-hydrogen) atoms. The van der Waals surface area contributed by atoms with Gasteiger partial charge in [-0.1, -0.05) is 13.8 Å². The summed E-state index contributed by atoms with van der Waals surface area (Å²) in [5.74, 6) is 0.341. The summed E-state index contributed by atoms with van der Waals surface area (Å²) in [6, 6.07) is 3.46. The highest BCUT2D eigenvalue weighted by molar-refractivity contribution is 5.90. The van der Waals surface area contributed by atoms with E-state index in [-0.39, 0.29) is 18.0 Å². The Morgan fingerprint density at radius 2 is 2.16 bits per heavy atom. The van der Waals surface area contributed by atoms with Crippen LogP contribution in [-0.4, -0.2) is 36.3 Å². The third-order valence-corrected chi connectivity index (χ3v) is 3.03. The van der Waals surface area contributed by atoms with Gasteiger partial charge in [-0.2, -0.15) is 0 Å². The smallest absolute Gasteiger partial charge is 0.339 e. The Kier molecular flexibility index (Phi) is 5.30. The molecule has 5 heteroatoms. The van der Waals surface area contributed by atoms with Crippen LogP contribution in [0.4, 0.5) is 5.82 Å². The molecule has 2 N–H and O–H groups in total. The van der Waals surface area contributed by atoms with Crippen molar-refractivity contribution >= 4 is 11.8 Å². The van der Waals surface area contributed by atoms with Crippen LogP contribution in [-0.2, 0) is 4.74 Å². The van der Waals surface area contributed by atoms with Crippen LogP contribution in [0.5, 0.6) is 0 Å². The van der Waals surface area contributed by atoms with Crippen LogP contribution in [0.2, 0.25) is 0 Å². The van der Waals surface area contributed by atoms with Crippen molar-refractivity contribution in [3.8, 4) is 0 Å². The largest absolute Gasteiger partial charge is 0.465 e. The molecule has 106 valence electrons. The highest BCUT2D eigenvalue weighted by atomic mass is 16.5. The maximum Gasteiger partial charge on any atom is 0.339 e. The molecule has 1 rings (SSSR count). The predicted molar refractivity (Wildman–Crippen MR) is 74.3 cm³/mol. The molecule has 0 aliphatic heterocycles. The number of pyridine rings is 1. The van der Waals surface area contributed by atoms with Crippen LogP contribution in [0, 0.1) is 12.3 Å². The summed E-state index contributed by atoms with van der Waals surface area (Å²) in [6.07, 6.45) is 0.721. The number of hydrogen-bond acceptors (Lipinski definition) is 5. The molecule has 1 heterocycles. The minimum absolute atomic E-state index is 0.00858. The van der Waals surface area contributed by atoms with E-state index in [2.05, 4.69) is 28.9 Å². The quantitative estimate of drug-likeness (QED) is 0.771. The molecule has 0 aliphatic carbocycles. The van der Waals surface area contributed by atoms with E-state index in [9.17, 15) is 4.79 Å². The Balaban J connectivity index is 2.71. The lowest BCUT2D eigenvalue weighted by molar-refractivity contribution is 0.0599. The molecule has 0 bridgehead atoms. The standard InChI is InChI=1S/C14H22N2O3/c1-10-11(13(18)19-4)5-6-12(16-10)15-9-14(2,3)7-8-17/h5-6,17H,7-9H2,1-4H3,(H,15,16). The van der Waals surface area contributed by atoms with Gasteiger partial charge in [0.15, 0.2) is 0 Å². The second-order valence-corrected chi connectivity index (χ2v) is 5.31. The summed E-state index contributed by atoms with van der Waals surface area (Å²) in [5, 5.41) is 12.2. The van der Waals surface area contributed by atoms with E-state index in [1.54, 1.807) is 19.1 Å². The number of anilines is 1. The molecule has 0 spiro atoms. The van der Waals surface area contributed by atoms with Crippen molar-refractivity contribution in [3.63, 3.8) is 0 Å². The van der Waals surface area contributed by atoms with E-state index in [0.29, 0.717) is 17.8 Å². The van der Waals surface area contributed by atoms with Gasteiger partial charge in [0.05, 0.1) is 18.4 Å². The van der Waals surface area contributed by atoms with Crippen molar-refractivity contribution in [2.24, 2.45) is 5.41 Å². The summed E-state index contributed by atoms with van der Waals surface area (Å²) in [4.78, 5) is 15.8. The number of aliphatic hydroxyl groups excluding tert-OH is 1. The monoisotopic (exact) mass is 266 g/mol. The lowest BCUT2D eigenvalue weighted by Gasteiger charge is -2.24. The average molecular weight is 266 g/mol. The van der Waals surface area contributed by atoms with Gasteiger partial charge in [0, 0.05) is 13.2 Å². The van der Waals surface area contributed by atoms with Crippen molar-refractivity contribution in [2.75, 3.05) is 25.6 Å². The number of nitrogens with zero attached hydrogens (tertiary/aromatic N) is 1. The summed E-state index contributed by atoms with van der Waals surface area (Å²) in [5.41, 5.74) is 1.10. The predicted octanol–water partition coefficient (Wildman–Crippen LogP) is 2.00. The third-order valence-electron chi connectivity index (χ3n) is 3.03. The zero-order valence-corrected chi connectivity index (χ0v) is 12.0. The first-order valence-electron chi connectivity index (χ1n) is 6.30. The fraction of sp³-hybridized carbons (Fsp3) is 0.571. The molecule has 1 aromatic rings. The molecule has 0 aromatic carbocycles. The Bertz CT molecular complexity index is 444. The minimum Gasteiger partial charge on any atom is -0.465 e. The molecular weight excluding hydrogens is 244 g/mol. The fourth-order valence-electron chi connectivity index (χ4n) is 1.71. The SMILES string of the molecule is COC(=O)c1ccc(NCC(C)(C)CCO)nc1C. The van der Waals surface area contributed by atoms with E-state index in [4.69, 9.17) is 5.11 Å². The van der Waals surface area contributed by atoms with Gasteiger partial charge in [0.25, 0.3) is 0 Å². The molecule has 0 saturated heterocycles. The van der Waals surface area contributed by atoms with Crippen LogP contribution in [0.1, 0.15) is 36.3 Å². The number of esters is 1. The normalized spacial score (nSPS) is 11.2. The maximum absolute atomic E-state index is 11.4. The van der Waals surface area contributed by atoms with E-state index < -0.39 is 0 Å². The van der Waals surface area contributed by atoms with E-state index in [0.717, 1.165) is 12.2 Å². The second-order valence-electron chi connectivity index (χ2n) is 5.31. The summed E-state index contributed by atoms with van der Waals surface area (Å²) < 4.78 is 4.68. The first-order valence-corrected chi connectivity index (χ1v) is 6.30. The molecule has 0 saturated carbocycles. The van der Waals surface area contributed by atoms with Crippen LogP contribution >= 0.6 is 0 Å². The summed E-state index contributed by atoms with van der Waals surface area (Å²) in [6.45, 7) is 6.80. The number of aromatic nitrogens is 1. The Morgan fingerprint density at radius 3 is 2.68 bits per heavy atom. The average Bonchev–Trinajstić information content (AvgIpc) is 2.36. The van der Waals surface area contributed by atoms with Crippen LogP contribution in [0.3, 0.4) is 0 Å². The third kappa shape index (κ3) is 4.52. The zero-order chi connectivity index (χ0) is 14.5. The molecule has 0 unspecified atom stereocenters. The lowest BCUT2D eigenvalue weighted by Crippen LogP contribution is -2.24. The number of aryl methyl sites for hydroxylation is 1. The number of aliphatic hydroxyl groups is 1. The Labute approximate surface area is 114 Å². The van der Waals surface area contributed by atoms with Crippen LogP contribution in [0.25, 0.3) is 0 Å². The molecule has 1 aromatic heterocycles. The van der Waals surface area contributed by atoms with Gasteiger partial charge >= 0.3 is 5.97 Å².